The standard InChI is InChI=1S/C16H26N2/c1-11-9-12(2)16(13(3)10-11)18-14(4)15-5-7-17-8-6-15/h9-10,14-15,17-18H,5-8H2,1-4H3. The molecular weight excluding hydrogens is 220 g/mol. The fourth-order valence-electron chi connectivity index (χ4n) is 3.10. The molecule has 0 saturated carbocycles. The van der Waals surface area contributed by atoms with Crippen LogP contribution in [0.5, 0.6) is 0 Å². The normalized spacial score (nSPS) is 18.7. The zero-order valence-electron chi connectivity index (χ0n) is 12.1. The van der Waals surface area contributed by atoms with E-state index in [0.717, 1.165) is 5.92 Å². The molecule has 1 aliphatic rings. The molecule has 0 aromatic heterocycles. The third-order valence-corrected chi connectivity index (χ3v) is 4.14. The maximum atomic E-state index is 3.75. The van der Waals surface area contributed by atoms with Crippen LogP contribution in [-0.2, 0) is 0 Å². The zero-order valence-corrected chi connectivity index (χ0v) is 12.1. The highest BCUT2D eigenvalue weighted by Crippen LogP contribution is 2.26. The van der Waals surface area contributed by atoms with E-state index in [0.29, 0.717) is 6.04 Å². The summed E-state index contributed by atoms with van der Waals surface area (Å²) in [5, 5.41) is 7.18. The minimum Gasteiger partial charge on any atom is -0.382 e. The van der Waals surface area contributed by atoms with Crippen LogP contribution in [0.4, 0.5) is 5.69 Å². The molecule has 0 bridgehead atoms. The zero-order chi connectivity index (χ0) is 13.1. The van der Waals surface area contributed by atoms with Gasteiger partial charge in [-0.15, -0.1) is 0 Å². The lowest BCUT2D eigenvalue weighted by Crippen LogP contribution is -2.36. The lowest BCUT2D eigenvalue weighted by Gasteiger charge is -2.30. The third kappa shape index (κ3) is 3.05. The molecule has 1 aliphatic heterocycles. The first-order valence-electron chi connectivity index (χ1n) is 7.13. The minimum absolute atomic E-state index is 0.562. The van der Waals surface area contributed by atoms with Crippen molar-refractivity contribution < 1.29 is 0 Å². The Labute approximate surface area is 111 Å². The highest BCUT2D eigenvalue weighted by molar-refractivity contribution is 5.58. The largest absolute Gasteiger partial charge is 0.382 e. The van der Waals surface area contributed by atoms with E-state index in [2.05, 4.69) is 50.5 Å². The molecule has 2 nitrogen and oxygen atoms in total. The first-order valence-corrected chi connectivity index (χ1v) is 7.13. The van der Waals surface area contributed by atoms with E-state index in [9.17, 15) is 0 Å². The molecule has 0 amide bonds. The SMILES string of the molecule is Cc1cc(C)c(NC(C)C2CCNCC2)c(C)c1. The van der Waals surface area contributed by atoms with E-state index in [4.69, 9.17) is 0 Å². The van der Waals surface area contributed by atoms with Gasteiger partial charge in [-0.2, -0.15) is 0 Å². The van der Waals surface area contributed by atoms with Crippen molar-refractivity contribution in [2.45, 2.75) is 46.6 Å². The van der Waals surface area contributed by atoms with Crippen molar-refractivity contribution in [1.29, 1.82) is 0 Å². The number of piperidine rings is 1. The predicted molar refractivity (Wildman–Crippen MR) is 79.3 cm³/mol. The molecule has 2 heteroatoms. The van der Waals surface area contributed by atoms with E-state index >= 15 is 0 Å². The summed E-state index contributed by atoms with van der Waals surface area (Å²) in [6.45, 7) is 11.2. The van der Waals surface area contributed by atoms with Crippen LogP contribution < -0.4 is 10.6 Å². The van der Waals surface area contributed by atoms with E-state index in [1.807, 2.05) is 0 Å². The highest BCUT2D eigenvalue weighted by atomic mass is 14.9. The lowest BCUT2D eigenvalue weighted by atomic mass is 9.90. The molecule has 1 aromatic rings. The topological polar surface area (TPSA) is 24.1 Å². The van der Waals surface area contributed by atoms with Crippen molar-refractivity contribution in [3.63, 3.8) is 0 Å². The number of hydrogen-bond acceptors (Lipinski definition) is 2. The number of nitrogens with one attached hydrogen (secondary N) is 2. The van der Waals surface area contributed by atoms with E-state index in [1.165, 1.54) is 48.3 Å². The van der Waals surface area contributed by atoms with Crippen LogP contribution in [0.2, 0.25) is 0 Å². The molecule has 1 fully saturated rings. The summed E-state index contributed by atoms with van der Waals surface area (Å²) < 4.78 is 0. The Kier molecular flexibility index (Phi) is 4.28. The molecule has 1 saturated heterocycles. The van der Waals surface area contributed by atoms with Crippen LogP contribution >= 0.6 is 0 Å². The molecule has 100 valence electrons. The van der Waals surface area contributed by atoms with Gasteiger partial charge in [-0.3, -0.25) is 0 Å². The Morgan fingerprint density at radius 2 is 1.67 bits per heavy atom. The molecule has 1 aromatic carbocycles. The number of rotatable bonds is 3. The number of hydrogen-bond donors (Lipinski definition) is 2. The summed E-state index contributed by atoms with van der Waals surface area (Å²) >= 11 is 0. The van der Waals surface area contributed by atoms with E-state index in [1.54, 1.807) is 0 Å². The summed E-state index contributed by atoms with van der Waals surface area (Å²) in [7, 11) is 0. The van der Waals surface area contributed by atoms with Crippen molar-refractivity contribution in [3.05, 3.63) is 28.8 Å². The van der Waals surface area contributed by atoms with Gasteiger partial charge in [0.05, 0.1) is 0 Å². The molecule has 2 N–H and O–H groups in total. The van der Waals surface area contributed by atoms with Gasteiger partial charge in [0.2, 0.25) is 0 Å². The van der Waals surface area contributed by atoms with Crippen LogP contribution in [0.25, 0.3) is 0 Å². The van der Waals surface area contributed by atoms with Crippen LogP contribution in [-0.4, -0.2) is 19.1 Å². The second-order valence-corrected chi connectivity index (χ2v) is 5.79. The Morgan fingerprint density at radius 3 is 2.22 bits per heavy atom. The van der Waals surface area contributed by atoms with Crippen LogP contribution in [0.15, 0.2) is 12.1 Å². The monoisotopic (exact) mass is 246 g/mol. The second kappa shape index (κ2) is 5.75. The van der Waals surface area contributed by atoms with Gasteiger partial charge in [0.15, 0.2) is 0 Å². The van der Waals surface area contributed by atoms with Gasteiger partial charge >= 0.3 is 0 Å². The lowest BCUT2D eigenvalue weighted by molar-refractivity contribution is 0.343. The third-order valence-electron chi connectivity index (χ3n) is 4.14. The van der Waals surface area contributed by atoms with Crippen LogP contribution in [0.1, 0.15) is 36.5 Å². The molecule has 1 heterocycles. The maximum absolute atomic E-state index is 3.75. The van der Waals surface area contributed by atoms with Crippen molar-refractivity contribution in [1.82, 2.24) is 5.32 Å². The van der Waals surface area contributed by atoms with Crippen LogP contribution in [0, 0.1) is 26.7 Å². The van der Waals surface area contributed by atoms with Gasteiger partial charge < -0.3 is 10.6 Å². The quantitative estimate of drug-likeness (QED) is 0.854. The summed E-state index contributed by atoms with van der Waals surface area (Å²) in [6.07, 6.45) is 2.58. The number of benzene rings is 1. The predicted octanol–water partition coefficient (Wildman–Crippen LogP) is 3.41. The molecule has 1 atom stereocenters. The van der Waals surface area contributed by atoms with Gasteiger partial charge in [0.1, 0.15) is 0 Å². The summed E-state index contributed by atoms with van der Waals surface area (Å²) in [5.41, 5.74) is 5.43. The summed E-state index contributed by atoms with van der Waals surface area (Å²) in [5.74, 6) is 0.798. The Balaban J connectivity index is 2.08. The van der Waals surface area contributed by atoms with Crippen molar-refractivity contribution in [2.24, 2.45) is 5.92 Å². The van der Waals surface area contributed by atoms with Crippen molar-refractivity contribution >= 4 is 5.69 Å². The maximum Gasteiger partial charge on any atom is 0.0401 e. The summed E-state index contributed by atoms with van der Waals surface area (Å²) in [6, 6.07) is 5.10. The number of anilines is 1. The summed E-state index contributed by atoms with van der Waals surface area (Å²) in [4.78, 5) is 0. The smallest absolute Gasteiger partial charge is 0.0401 e. The van der Waals surface area contributed by atoms with Gasteiger partial charge in [-0.25, -0.2) is 0 Å². The molecule has 0 spiro atoms. The van der Waals surface area contributed by atoms with Gasteiger partial charge in [0.25, 0.3) is 0 Å². The average molecular weight is 246 g/mol. The molecule has 0 aliphatic carbocycles. The Morgan fingerprint density at radius 1 is 1.11 bits per heavy atom. The van der Waals surface area contributed by atoms with Crippen molar-refractivity contribution in [2.75, 3.05) is 18.4 Å². The molecular formula is C16H26N2. The van der Waals surface area contributed by atoms with E-state index < -0.39 is 0 Å². The van der Waals surface area contributed by atoms with Crippen molar-refractivity contribution in [3.8, 4) is 0 Å². The van der Waals surface area contributed by atoms with Crippen LogP contribution in [0.3, 0.4) is 0 Å². The van der Waals surface area contributed by atoms with Gasteiger partial charge in [0, 0.05) is 11.7 Å². The number of aryl methyl sites for hydroxylation is 3. The average Bonchev–Trinajstić information content (AvgIpc) is 2.34. The molecule has 18 heavy (non-hydrogen) atoms. The molecule has 0 radical (unpaired) electrons. The van der Waals surface area contributed by atoms with Gasteiger partial charge in [-0.05, 0) is 70.7 Å². The van der Waals surface area contributed by atoms with Gasteiger partial charge in [-0.1, -0.05) is 17.7 Å². The Bertz CT molecular complexity index is 383. The highest BCUT2D eigenvalue weighted by Gasteiger charge is 2.20. The fraction of sp³-hybridized carbons (Fsp3) is 0.625. The Hall–Kier alpha value is -1.02. The minimum atomic E-state index is 0.562. The van der Waals surface area contributed by atoms with E-state index in [-0.39, 0.29) is 0 Å². The first kappa shape index (κ1) is 13.4. The molecule has 2 rings (SSSR count). The fourth-order valence-corrected chi connectivity index (χ4v) is 3.10. The first-order chi connectivity index (χ1) is 8.58. The molecule has 1 unspecified atom stereocenters. The second-order valence-electron chi connectivity index (χ2n) is 5.79.